The van der Waals surface area contributed by atoms with Crippen LogP contribution in [0, 0.1) is 0 Å². The lowest BCUT2D eigenvalue weighted by Crippen LogP contribution is -2.17. The fraction of sp³-hybridized carbons (Fsp3) is 0.500. The van der Waals surface area contributed by atoms with Crippen molar-refractivity contribution in [2.75, 3.05) is 0 Å². The molecule has 0 aliphatic heterocycles. The number of ketones is 2. The zero-order valence-corrected chi connectivity index (χ0v) is 14.1. The molecule has 2 aromatic rings. The van der Waals surface area contributed by atoms with Gasteiger partial charge in [-0.1, -0.05) is 5.16 Å². The number of fused-ring (bicyclic) bond motifs is 2. The maximum absolute atomic E-state index is 12.3. The van der Waals surface area contributed by atoms with Gasteiger partial charge >= 0.3 is 0 Å². The number of carbonyl (C=O) groups is 3. The Hall–Kier alpha value is -2.57. The van der Waals surface area contributed by atoms with Gasteiger partial charge in [0.2, 0.25) is 5.91 Å². The largest absolute Gasteiger partial charge is 0.360 e. The van der Waals surface area contributed by atoms with E-state index in [9.17, 15) is 14.4 Å². The second-order valence-electron chi connectivity index (χ2n) is 6.68. The second kappa shape index (κ2) is 6.06. The summed E-state index contributed by atoms with van der Waals surface area (Å²) in [6.07, 6.45) is 4.91. The Labute approximate surface area is 144 Å². The summed E-state index contributed by atoms with van der Waals surface area (Å²) in [5, 5.41) is 8.43. The van der Waals surface area contributed by atoms with E-state index in [-0.39, 0.29) is 17.5 Å². The van der Waals surface area contributed by atoms with Crippen LogP contribution in [0.1, 0.15) is 81.0 Å². The van der Waals surface area contributed by atoms with Crippen LogP contribution in [0.4, 0.5) is 0 Å². The van der Waals surface area contributed by atoms with E-state index < -0.39 is 0 Å². The number of Topliss-reactive ketones (excluding diaryl/α,β-unsaturated/α-hetero) is 2. The molecule has 7 nitrogen and oxygen atoms in total. The smallest absolute Gasteiger partial charge is 0.243 e. The third kappa shape index (κ3) is 2.63. The minimum Gasteiger partial charge on any atom is -0.360 e. The van der Waals surface area contributed by atoms with Gasteiger partial charge in [-0.15, -0.1) is 0 Å². The number of rotatable bonds is 3. The van der Waals surface area contributed by atoms with E-state index in [2.05, 4.69) is 10.3 Å². The highest BCUT2D eigenvalue weighted by molar-refractivity contribution is 6.00. The molecule has 0 amide bonds. The quantitative estimate of drug-likeness (QED) is 0.850. The van der Waals surface area contributed by atoms with Crippen molar-refractivity contribution in [2.24, 2.45) is 0 Å². The van der Waals surface area contributed by atoms with Crippen LogP contribution in [0.5, 0.6) is 0 Å². The summed E-state index contributed by atoms with van der Waals surface area (Å²) in [5.74, 6) is 0.594. The molecular weight excluding hydrogens is 322 g/mol. The van der Waals surface area contributed by atoms with E-state index in [0.29, 0.717) is 60.4 Å². The maximum Gasteiger partial charge on any atom is 0.243 e. The average Bonchev–Trinajstić information content (AvgIpc) is 3.16. The molecule has 7 heteroatoms. The zero-order valence-electron chi connectivity index (χ0n) is 14.1. The molecule has 0 saturated carbocycles. The lowest BCUT2D eigenvalue weighted by atomic mass is 9.91. The third-order valence-electron chi connectivity index (χ3n) is 4.97. The van der Waals surface area contributed by atoms with Crippen molar-refractivity contribution in [3.8, 4) is 0 Å². The SMILES string of the molecule is CC(=O)n1nc(CCc2noc3c2C(=O)CCC3)c2c1CCCC2=O. The number of hydrogen-bond acceptors (Lipinski definition) is 6. The summed E-state index contributed by atoms with van der Waals surface area (Å²) in [6.45, 7) is 1.45. The molecule has 0 N–H and O–H groups in total. The van der Waals surface area contributed by atoms with E-state index in [1.54, 1.807) is 0 Å². The van der Waals surface area contributed by atoms with Crippen LogP contribution in [-0.4, -0.2) is 32.4 Å². The van der Waals surface area contributed by atoms with Crippen molar-refractivity contribution in [3.05, 3.63) is 34.0 Å². The summed E-state index contributed by atoms with van der Waals surface area (Å²) in [5.41, 5.74) is 3.17. The Morgan fingerprint density at radius 3 is 2.44 bits per heavy atom. The van der Waals surface area contributed by atoms with Crippen LogP contribution >= 0.6 is 0 Å². The Morgan fingerprint density at radius 2 is 1.68 bits per heavy atom. The molecular formula is C18H19N3O4. The van der Waals surface area contributed by atoms with Crippen LogP contribution < -0.4 is 0 Å². The number of aryl methyl sites for hydroxylation is 3. The lowest BCUT2D eigenvalue weighted by Gasteiger charge is -2.12. The summed E-state index contributed by atoms with van der Waals surface area (Å²) < 4.78 is 6.66. The van der Waals surface area contributed by atoms with Crippen LogP contribution in [0.25, 0.3) is 0 Å². The molecule has 2 aliphatic rings. The molecule has 4 rings (SSSR count). The maximum atomic E-state index is 12.3. The lowest BCUT2D eigenvalue weighted by molar-refractivity contribution is 0.0914. The summed E-state index contributed by atoms with van der Waals surface area (Å²) >= 11 is 0. The van der Waals surface area contributed by atoms with Crippen molar-refractivity contribution >= 4 is 17.5 Å². The van der Waals surface area contributed by atoms with Gasteiger partial charge in [0.25, 0.3) is 0 Å². The predicted octanol–water partition coefficient (Wildman–Crippen LogP) is 2.35. The van der Waals surface area contributed by atoms with Gasteiger partial charge in [0.15, 0.2) is 11.6 Å². The molecule has 0 atom stereocenters. The molecule has 0 radical (unpaired) electrons. The van der Waals surface area contributed by atoms with Crippen molar-refractivity contribution in [3.63, 3.8) is 0 Å². The van der Waals surface area contributed by atoms with E-state index in [4.69, 9.17) is 4.52 Å². The fourth-order valence-corrected chi connectivity index (χ4v) is 3.82. The molecule has 25 heavy (non-hydrogen) atoms. The first-order valence-electron chi connectivity index (χ1n) is 8.71. The topological polar surface area (TPSA) is 95.1 Å². The van der Waals surface area contributed by atoms with Gasteiger partial charge in [0, 0.05) is 26.2 Å². The summed E-state index contributed by atoms with van der Waals surface area (Å²) in [4.78, 5) is 36.3. The Morgan fingerprint density at radius 1 is 1.00 bits per heavy atom. The Kier molecular flexibility index (Phi) is 3.86. The van der Waals surface area contributed by atoms with Gasteiger partial charge in [-0.05, 0) is 32.1 Å². The van der Waals surface area contributed by atoms with E-state index in [1.807, 2.05) is 0 Å². The zero-order chi connectivity index (χ0) is 17.6. The molecule has 0 saturated heterocycles. The van der Waals surface area contributed by atoms with Gasteiger partial charge in [-0.3, -0.25) is 14.4 Å². The predicted molar refractivity (Wildman–Crippen MR) is 87.0 cm³/mol. The van der Waals surface area contributed by atoms with E-state index in [1.165, 1.54) is 11.6 Å². The first-order chi connectivity index (χ1) is 12.1. The van der Waals surface area contributed by atoms with Crippen molar-refractivity contribution < 1.29 is 18.9 Å². The highest BCUT2D eigenvalue weighted by Crippen LogP contribution is 2.28. The fourth-order valence-electron chi connectivity index (χ4n) is 3.82. The van der Waals surface area contributed by atoms with Gasteiger partial charge in [-0.2, -0.15) is 5.10 Å². The first kappa shape index (κ1) is 15.9. The highest BCUT2D eigenvalue weighted by atomic mass is 16.5. The Bertz CT molecular complexity index is 891. The number of aromatic nitrogens is 3. The average molecular weight is 341 g/mol. The molecule has 0 bridgehead atoms. The highest BCUT2D eigenvalue weighted by Gasteiger charge is 2.30. The number of carbonyl (C=O) groups excluding carboxylic acids is 3. The molecule has 0 fully saturated rings. The van der Waals surface area contributed by atoms with E-state index in [0.717, 1.165) is 25.0 Å². The molecule has 2 heterocycles. The summed E-state index contributed by atoms with van der Waals surface area (Å²) in [6, 6.07) is 0. The first-order valence-corrected chi connectivity index (χ1v) is 8.71. The van der Waals surface area contributed by atoms with Gasteiger partial charge in [0.05, 0.1) is 28.2 Å². The third-order valence-corrected chi connectivity index (χ3v) is 4.97. The second-order valence-corrected chi connectivity index (χ2v) is 6.68. The van der Waals surface area contributed by atoms with Crippen molar-refractivity contribution in [1.29, 1.82) is 0 Å². The van der Waals surface area contributed by atoms with Crippen LogP contribution in [0.3, 0.4) is 0 Å². The van der Waals surface area contributed by atoms with Crippen LogP contribution in [-0.2, 0) is 25.7 Å². The summed E-state index contributed by atoms with van der Waals surface area (Å²) in [7, 11) is 0. The molecule has 0 unspecified atom stereocenters. The van der Waals surface area contributed by atoms with E-state index >= 15 is 0 Å². The Balaban J connectivity index is 1.64. The molecule has 2 aromatic heterocycles. The minimum absolute atomic E-state index is 0.0435. The van der Waals surface area contributed by atoms with Gasteiger partial charge < -0.3 is 4.52 Å². The number of hydrogen-bond donors (Lipinski definition) is 0. The minimum atomic E-state index is -0.189. The molecule has 130 valence electrons. The van der Waals surface area contributed by atoms with Crippen molar-refractivity contribution in [2.45, 2.75) is 58.3 Å². The normalized spacial score (nSPS) is 16.7. The standard InChI is InChI=1S/C18H19N3O4/c1-10(22)21-13-4-2-5-14(23)17(13)11(19-21)8-9-12-18-15(24)6-3-7-16(18)25-20-12/h2-9H2,1H3. The molecule has 0 spiro atoms. The van der Waals surface area contributed by atoms with Gasteiger partial charge in [-0.25, -0.2) is 4.68 Å². The molecule has 0 aromatic carbocycles. The van der Waals surface area contributed by atoms with Crippen molar-refractivity contribution in [1.82, 2.24) is 14.9 Å². The van der Waals surface area contributed by atoms with Crippen LogP contribution in [0.15, 0.2) is 4.52 Å². The van der Waals surface area contributed by atoms with Crippen LogP contribution in [0.2, 0.25) is 0 Å². The monoisotopic (exact) mass is 341 g/mol. The number of nitrogens with zero attached hydrogens (tertiary/aromatic N) is 3. The van der Waals surface area contributed by atoms with Gasteiger partial charge in [0.1, 0.15) is 5.76 Å². The molecule has 2 aliphatic carbocycles.